The summed E-state index contributed by atoms with van der Waals surface area (Å²) in [6.07, 6.45) is 3.46. The van der Waals surface area contributed by atoms with Gasteiger partial charge in [-0.25, -0.2) is 4.39 Å². The molecule has 0 aromatic heterocycles. The molecule has 1 aliphatic rings. The molecule has 20 heavy (non-hydrogen) atoms. The smallest absolute Gasteiger partial charge is 0.204 e. The summed E-state index contributed by atoms with van der Waals surface area (Å²) in [6, 6.07) is 1.12. The lowest BCUT2D eigenvalue weighted by Crippen LogP contribution is -2.18. The minimum Gasteiger partial charge on any atom is -0.504 e. The van der Waals surface area contributed by atoms with E-state index in [1.165, 1.54) is 0 Å². The Morgan fingerprint density at radius 1 is 1.15 bits per heavy atom. The Bertz CT molecular complexity index is 480. The zero-order chi connectivity index (χ0) is 14.9. The molecule has 3 nitrogen and oxygen atoms in total. The molecule has 1 fully saturated rings. The second-order valence-electron chi connectivity index (χ2n) is 5.76. The van der Waals surface area contributed by atoms with Crippen molar-refractivity contribution in [1.82, 2.24) is 0 Å². The van der Waals surface area contributed by atoms with Crippen LogP contribution in [0.2, 0.25) is 0 Å². The maximum Gasteiger partial charge on any atom is 0.204 e. The highest BCUT2D eigenvalue weighted by atomic mass is 19.2. The van der Waals surface area contributed by atoms with Crippen molar-refractivity contribution in [2.24, 2.45) is 5.92 Å². The molecule has 1 saturated carbocycles. The van der Waals surface area contributed by atoms with Crippen LogP contribution in [0.3, 0.4) is 0 Å². The van der Waals surface area contributed by atoms with Crippen LogP contribution in [0.25, 0.3) is 0 Å². The van der Waals surface area contributed by atoms with Gasteiger partial charge in [0, 0.05) is 0 Å². The standard InChI is InChI=1S/C15H20F2O3/c1-8(18)6-9-2-4-10(5-3-9)11-7-12(19)15(20)14(17)13(11)16/h7-10,18-20H,2-6H2,1H3. The molecule has 1 aromatic rings. The number of hydrogen-bond acceptors (Lipinski definition) is 3. The van der Waals surface area contributed by atoms with Gasteiger partial charge in [-0.1, -0.05) is 0 Å². The van der Waals surface area contributed by atoms with E-state index < -0.39 is 23.1 Å². The second kappa shape index (κ2) is 5.95. The quantitative estimate of drug-likeness (QED) is 0.746. The summed E-state index contributed by atoms with van der Waals surface area (Å²) in [5.41, 5.74) is 0.133. The fourth-order valence-corrected chi connectivity index (χ4v) is 3.11. The van der Waals surface area contributed by atoms with Crippen molar-refractivity contribution in [3.8, 4) is 11.5 Å². The lowest BCUT2D eigenvalue weighted by molar-refractivity contribution is 0.143. The first kappa shape index (κ1) is 15.0. The fraction of sp³-hybridized carbons (Fsp3) is 0.600. The molecule has 0 radical (unpaired) electrons. The molecule has 0 bridgehead atoms. The van der Waals surface area contributed by atoms with E-state index in [0.29, 0.717) is 18.8 Å². The molecule has 1 aromatic carbocycles. The lowest BCUT2D eigenvalue weighted by atomic mass is 9.76. The van der Waals surface area contributed by atoms with E-state index in [1.807, 2.05) is 0 Å². The average Bonchev–Trinajstić information content (AvgIpc) is 2.41. The molecule has 1 aliphatic carbocycles. The highest BCUT2D eigenvalue weighted by molar-refractivity contribution is 5.44. The van der Waals surface area contributed by atoms with Gasteiger partial charge in [0.2, 0.25) is 5.82 Å². The van der Waals surface area contributed by atoms with Crippen molar-refractivity contribution in [2.75, 3.05) is 0 Å². The molecular weight excluding hydrogens is 266 g/mol. The molecule has 1 unspecified atom stereocenters. The summed E-state index contributed by atoms with van der Waals surface area (Å²) in [5.74, 6) is -3.85. The van der Waals surface area contributed by atoms with E-state index in [9.17, 15) is 19.0 Å². The molecule has 0 amide bonds. The van der Waals surface area contributed by atoms with E-state index in [-0.39, 0.29) is 17.6 Å². The van der Waals surface area contributed by atoms with Gasteiger partial charge in [0.05, 0.1) is 6.10 Å². The van der Waals surface area contributed by atoms with Crippen molar-refractivity contribution in [2.45, 2.75) is 51.0 Å². The molecule has 0 saturated heterocycles. The minimum atomic E-state index is -1.38. The first-order chi connectivity index (χ1) is 9.40. The number of halogens is 2. The first-order valence-electron chi connectivity index (χ1n) is 6.98. The van der Waals surface area contributed by atoms with Crippen LogP contribution in [0.4, 0.5) is 8.78 Å². The Labute approximate surface area is 116 Å². The summed E-state index contributed by atoms with van der Waals surface area (Å²) in [5, 5.41) is 27.9. The van der Waals surface area contributed by atoms with E-state index in [2.05, 4.69) is 0 Å². The van der Waals surface area contributed by atoms with Gasteiger partial charge in [-0.05, 0) is 62.5 Å². The van der Waals surface area contributed by atoms with Crippen molar-refractivity contribution >= 4 is 0 Å². The predicted octanol–water partition coefficient (Wildman–Crippen LogP) is 3.42. The Balaban J connectivity index is 2.11. The number of aliphatic hydroxyl groups is 1. The SMILES string of the molecule is CC(O)CC1CCC(c2cc(O)c(O)c(F)c2F)CC1. The monoisotopic (exact) mass is 286 g/mol. The lowest BCUT2D eigenvalue weighted by Gasteiger charge is -2.29. The largest absolute Gasteiger partial charge is 0.504 e. The highest BCUT2D eigenvalue weighted by Crippen LogP contribution is 2.42. The Kier molecular flexibility index (Phi) is 4.48. The third-order valence-corrected chi connectivity index (χ3v) is 4.15. The Morgan fingerprint density at radius 2 is 1.75 bits per heavy atom. The number of phenols is 2. The number of aromatic hydroxyl groups is 2. The van der Waals surface area contributed by atoms with Crippen molar-refractivity contribution < 1.29 is 24.1 Å². The van der Waals surface area contributed by atoms with Crippen molar-refractivity contribution in [1.29, 1.82) is 0 Å². The fourth-order valence-electron chi connectivity index (χ4n) is 3.11. The van der Waals surface area contributed by atoms with Gasteiger partial charge >= 0.3 is 0 Å². The average molecular weight is 286 g/mol. The molecule has 0 aliphatic heterocycles. The van der Waals surface area contributed by atoms with Crippen molar-refractivity contribution in [3.05, 3.63) is 23.3 Å². The van der Waals surface area contributed by atoms with Crippen molar-refractivity contribution in [3.63, 3.8) is 0 Å². The van der Waals surface area contributed by atoms with Gasteiger partial charge < -0.3 is 15.3 Å². The van der Waals surface area contributed by atoms with Crippen LogP contribution in [0.1, 0.15) is 50.5 Å². The third-order valence-electron chi connectivity index (χ3n) is 4.15. The zero-order valence-corrected chi connectivity index (χ0v) is 11.4. The van der Waals surface area contributed by atoms with E-state index >= 15 is 0 Å². The van der Waals surface area contributed by atoms with Crippen LogP contribution in [-0.4, -0.2) is 21.4 Å². The summed E-state index contributed by atoms with van der Waals surface area (Å²) in [4.78, 5) is 0. The Hall–Kier alpha value is -1.36. The van der Waals surface area contributed by atoms with E-state index in [4.69, 9.17) is 5.11 Å². The Morgan fingerprint density at radius 3 is 2.30 bits per heavy atom. The molecule has 112 valence electrons. The summed E-state index contributed by atoms with van der Waals surface area (Å²) >= 11 is 0. The van der Waals surface area contributed by atoms with E-state index in [1.54, 1.807) is 6.92 Å². The minimum absolute atomic E-state index is 0.133. The van der Waals surface area contributed by atoms with Crippen LogP contribution in [0.5, 0.6) is 11.5 Å². The predicted molar refractivity (Wildman–Crippen MR) is 70.7 cm³/mol. The number of rotatable bonds is 3. The molecule has 5 heteroatoms. The topological polar surface area (TPSA) is 60.7 Å². The summed E-state index contributed by atoms with van der Waals surface area (Å²) in [6.45, 7) is 1.75. The van der Waals surface area contributed by atoms with Crippen LogP contribution in [0.15, 0.2) is 6.07 Å². The molecule has 2 rings (SSSR count). The molecule has 3 N–H and O–H groups in total. The molecule has 1 atom stereocenters. The number of hydrogen-bond donors (Lipinski definition) is 3. The number of phenolic OH excluding ortho intramolecular Hbond substituents is 2. The van der Waals surface area contributed by atoms with Gasteiger partial charge in [0.15, 0.2) is 17.3 Å². The third kappa shape index (κ3) is 3.03. The molecule has 0 spiro atoms. The summed E-state index contributed by atoms with van der Waals surface area (Å²) < 4.78 is 27.3. The van der Waals surface area contributed by atoms with Gasteiger partial charge in [0.1, 0.15) is 0 Å². The second-order valence-corrected chi connectivity index (χ2v) is 5.76. The summed E-state index contributed by atoms with van der Waals surface area (Å²) in [7, 11) is 0. The van der Waals surface area contributed by atoms with Gasteiger partial charge in [-0.15, -0.1) is 0 Å². The first-order valence-corrected chi connectivity index (χ1v) is 6.98. The van der Waals surface area contributed by atoms with Gasteiger partial charge in [-0.2, -0.15) is 4.39 Å². The van der Waals surface area contributed by atoms with Crippen LogP contribution < -0.4 is 0 Å². The van der Waals surface area contributed by atoms with Gasteiger partial charge in [0.25, 0.3) is 0 Å². The normalized spacial score (nSPS) is 24.6. The highest BCUT2D eigenvalue weighted by Gasteiger charge is 2.28. The van der Waals surface area contributed by atoms with Crippen LogP contribution in [0, 0.1) is 17.6 Å². The number of aliphatic hydroxyl groups excluding tert-OH is 1. The molecule has 0 heterocycles. The van der Waals surface area contributed by atoms with Crippen LogP contribution >= 0.6 is 0 Å². The zero-order valence-electron chi connectivity index (χ0n) is 11.4. The number of benzene rings is 1. The van der Waals surface area contributed by atoms with Gasteiger partial charge in [-0.3, -0.25) is 0 Å². The maximum atomic E-state index is 13.8. The van der Waals surface area contributed by atoms with Crippen LogP contribution in [-0.2, 0) is 0 Å². The van der Waals surface area contributed by atoms with E-state index in [0.717, 1.165) is 25.3 Å². The molecular formula is C15H20F2O3. The maximum absolute atomic E-state index is 13.8.